The Kier molecular flexibility index (Phi) is 39.1. The molecule has 40 heteroatoms. The summed E-state index contributed by atoms with van der Waals surface area (Å²) in [5.41, 5.74) is 0. The Morgan fingerprint density at radius 2 is 0.214 bits per heavy atom. The van der Waals surface area contributed by atoms with Crippen molar-refractivity contribution in [3.63, 3.8) is 0 Å². The average Bonchev–Trinajstić information content (AvgIpc) is 0.763. The Bertz CT molecular complexity index is 2090. The van der Waals surface area contributed by atoms with E-state index in [9.17, 15) is 0 Å². The van der Waals surface area contributed by atoms with Crippen molar-refractivity contribution in [2.45, 2.75) is 246 Å². The zero-order valence-corrected chi connectivity index (χ0v) is 69.1. The van der Waals surface area contributed by atoms with Crippen molar-refractivity contribution < 1.29 is 189 Å². The van der Waals surface area contributed by atoms with Crippen LogP contribution in [0.15, 0.2) is 0 Å². The van der Waals surface area contributed by atoms with Crippen LogP contribution in [0.25, 0.3) is 0 Å². The summed E-state index contributed by atoms with van der Waals surface area (Å²) < 4.78 is 260. The minimum Gasteiger partial charge on any atom is -0.382 e. The van der Waals surface area contributed by atoms with Gasteiger partial charge in [-0.25, -0.2) is 0 Å². The van der Waals surface area contributed by atoms with Crippen LogP contribution in [0, 0.1) is 0 Å². The molecule has 30 aliphatic heterocycles. The number of methoxy groups -OCH3 is 24. The summed E-state index contributed by atoms with van der Waals surface area (Å²) in [6, 6.07) is 0. The second kappa shape index (κ2) is 46.4. The predicted molar refractivity (Wildman–Crippen MR) is 376 cm³/mol. The quantitative estimate of drug-likeness (QED) is 0.0724. The molecule has 0 N–H and O–H groups in total. The summed E-state index contributed by atoms with van der Waals surface area (Å²) in [6.07, 6.45) is -42.2. The summed E-state index contributed by atoms with van der Waals surface area (Å²) in [7, 11) is 36.1. The predicted octanol–water partition coefficient (Wildman–Crippen LogP) is -1.71. The fourth-order valence-electron chi connectivity index (χ4n) is 17.0. The molecule has 0 aromatic carbocycles. The molecule has 40 atom stereocenters. The van der Waals surface area contributed by atoms with E-state index in [0.29, 0.717) is 0 Å². The number of hydrogen-bond acceptors (Lipinski definition) is 40. The van der Waals surface area contributed by atoms with Crippen molar-refractivity contribution in [1.29, 1.82) is 0 Å². The maximum Gasteiger partial charge on any atom is 0.187 e. The van der Waals surface area contributed by atoms with Gasteiger partial charge in [0, 0.05) is 171 Å². The first-order valence-electron chi connectivity index (χ1n) is 37.4. The summed E-state index contributed by atoms with van der Waals surface area (Å²) in [5.74, 6) is 0. The van der Waals surface area contributed by atoms with Gasteiger partial charge in [0.05, 0.1) is 52.9 Å². The van der Waals surface area contributed by atoms with Gasteiger partial charge in [-0.3, -0.25) is 0 Å². The van der Waals surface area contributed by atoms with E-state index in [0.717, 1.165) is 0 Å². The van der Waals surface area contributed by atoms with Crippen molar-refractivity contribution in [2.75, 3.05) is 223 Å². The zero-order chi connectivity index (χ0) is 81.0. The van der Waals surface area contributed by atoms with E-state index in [2.05, 4.69) is 0 Å². The maximum absolute atomic E-state index is 7.07. The normalized spacial score (nSPS) is 46.1. The van der Waals surface area contributed by atoms with Crippen LogP contribution in [0.2, 0.25) is 0 Å². The molecule has 30 heterocycles. The van der Waals surface area contributed by atoms with Gasteiger partial charge < -0.3 is 189 Å². The highest BCUT2D eigenvalue weighted by Gasteiger charge is 2.63. The largest absolute Gasteiger partial charge is 0.382 e. The smallest absolute Gasteiger partial charge is 0.187 e. The number of ether oxygens (including phenoxy) is 40. The summed E-state index contributed by atoms with van der Waals surface area (Å²) in [4.78, 5) is 0. The fourth-order valence-corrected chi connectivity index (χ4v) is 17.0. The summed E-state index contributed by atoms with van der Waals surface area (Å²) >= 11 is 0. The van der Waals surface area contributed by atoms with E-state index in [1.807, 2.05) is 0 Å². The Balaban J connectivity index is 1.13. The van der Waals surface area contributed by atoms with E-state index in [1.165, 1.54) is 171 Å². The number of hydrogen-bond donors (Lipinski definition) is 0. The lowest BCUT2D eigenvalue weighted by Crippen LogP contribution is -2.70. The molecular formula is C72H128O40. The highest BCUT2D eigenvalue weighted by Crippen LogP contribution is 2.44. The van der Waals surface area contributed by atoms with Crippen LogP contribution in [0.4, 0.5) is 0 Å². The first kappa shape index (κ1) is 94.3. The lowest BCUT2D eigenvalue weighted by molar-refractivity contribution is -0.410. The molecule has 0 amide bonds. The van der Waals surface area contributed by atoms with Crippen molar-refractivity contribution in [3.05, 3.63) is 0 Å². The second-order valence-corrected chi connectivity index (χ2v) is 28.0. The van der Waals surface area contributed by atoms with Crippen LogP contribution < -0.4 is 0 Å². The monoisotopic (exact) mass is 1630 g/mol. The van der Waals surface area contributed by atoms with Gasteiger partial charge >= 0.3 is 0 Å². The third-order valence-electron chi connectivity index (χ3n) is 22.1. The Labute approximate surface area is 656 Å². The third kappa shape index (κ3) is 20.6. The highest BCUT2D eigenvalue weighted by atomic mass is 16.8. The molecule has 0 aromatic rings. The van der Waals surface area contributed by atoms with E-state index in [-0.39, 0.29) is 52.9 Å². The fraction of sp³-hybridized carbons (Fsp3) is 1.00. The molecule has 0 aliphatic carbocycles. The molecule has 30 saturated heterocycles. The maximum atomic E-state index is 7.07. The van der Waals surface area contributed by atoms with Crippen LogP contribution in [0.5, 0.6) is 0 Å². The lowest BCUT2D eigenvalue weighted by Gasteiger charge is -2.53. The Morgan fingerprint density at radius 3 is 0.286 bits per heavy atom. The van der Waals surface area contributed by atoms with Crippen molar-refractivity contribution in [3.8, 4) is 0 Å². The van der Waals surface area contributed by atoms with E-state index < -0.39 is 246 Å². The van der Waals surface area contributed by atoms with Gasteiger partial charge in [-0.15, -0.1) is 0 Å². The Morgan fingerprint density at radius 1 is 0.125 bits per heavy atom. The van der Waals surface area contributed by atoms with E-state index >= 15 is 0 Å². The molecule has 16 bridgehead atoms. The molecule has 0 spiro atoms. The van der Waals surface area contributed by atoms with Gasteiger partial charge in [-0.1, -0.05) is 0 Å². The molecule has 0 aromatic heterocycles. The van der Waals surface area contributed by atoms with Crippen LogP contribution in [0.3, 0.4) is 0 Å². The van der Waals surface area contributed by atoms with Crippen LogP contribution >= 0.6 is 0 Å². The second-order valence-electron chi connectivity index (χ2n) is 28.0. The molecule has 0 radical (unpaired) electrons. The van der Waals surface area contributed by atoms with Gasteiger partial charge in [0.15, 0.2) is 50.3 Å². The van der Waals surface area contributed by atoms with Gasteiger partial charge in [0.2, 0.25) is 0 Å². The van der Waals surface area contributed by atoms with Crippen molar-refractivity contribution in [2.24, 2.45) is 0 Å². The molecule has 656 valence electrons. The summed E-state index contributed by atoms with van der Waals surface area (Å²) in [6.45, 7) is -0.478. The average molecular weight is 1630 g/mol. The summed E-state index contributed by atoms with van der Waals surface area (Å²) in [5, 5.41) is 0. The first-order chi connectivity index (χ1) is 54.5. The topological polar surface area (TPSA) is 369 Å². The third-order valence-corrected chi connectivity index (χ3v) is 22.1. The van der Waals surface area contributed by atoms with Crippen molar-refractivity contribution >= 4 is 0 Å². The lowest BCUT2D eigenvalue weighted by atomic mass is 9.94. The molecule has 30 aliphatic rings. The molecule has 40 nitrogen and oxygen atoms in total. The van der Waals surface area contributed by atoms with Crippen LogP contribution in [0.1, 0.15) is 0 Å². The minimum absolute atomic E-state index is 0.0598. The molecule has 30 rings (SSSR count). The van der Waals surface area contributed by atoms with Crippen molar-refractivity contribution in [1.82, 2.24) is 0 Å². The van der Waals surface area contributed by atoms with E-state index in [4.69, 9.17) is 189 Å². The molecule has 40 unspecified atom stereocenters. The van der Waals surface area contributed by atoms with Gasteiger partial charge in [-0.2, -0.15) is 0 Å². The zero-order valence-electron chi connectivity index (χ0n) is 69.1. The highest BCUT2D eigenvalue weighted by molar-refractivity contribution is 5.05. The molecule has 112 heavy (non-hydrogen) atoms. The minimum atomic E-state index is -1.25. The molecule has 30 fully saturated rings. The van der Waals surface area contributed by atoms with Crippen LogP contribution in [-0.2, 0) is 189 Å². The molecular weight excluding hydrogens is 1500 g/mol. The number of rotatable bonds is 32. The first-order valence-corrected chi connectivity index (χ1v) is 37.4. The standard InChI is InChI=1S/C72H128O40/c1-73-25-33-41-49(81-9)57(89-17)65(97-33)106-42-34(26-74-2)99-67(59(91-19)50(42)82-10)108-44-36(28-76-4)101-69(61(93-21)52(44)84-12)110-46-38(30-78-6)103-71(63(95-23)54(46)86-14)112-48-40(32-80-8)104-72(64(96-24)56(48)88-16)111-47-39(31-79-7)102-70(62(94-22)55(47)87-15)109-45-37(29-77-5)100-68(60(92-20)53(45)85-13)107-43-35(27-75-3)98-66(105-41)58(90-18)51(43)83-11/h33-72H,25-32H2,1-24H3. The SMILES string of the molecule is COCC1OC2OC3C(COC)OC(OC4C(COC)OC(OC5C(COC)OC(OC6C(COC)OC(OC7C(COC)OC(OC8C(COC)OC(OC9C(COC)OC(OC1C(OC)C2OC)C(OC)C9OC)C(OC)C8OC)C(OC)C7OC)C(OC)C6OC)C(OC)C5OC)C(OC)C4OC)C(OC)C3OC. The van der Waals surface area contributed by atoms with E-state index in [1.54, 1.807) is 0 Å². The van der Waals surface area contributed by atoms with Gasteiger partial charge in [0.25, 0.3) is 0 Å². The Hall–Kier alpha value is -1.60. The molecule has 0 saturated carbocycles. The van der Waals surface area contributed by atoms with Gasteiger partial charge in [-0.05, 0) is 0 Å². The van der Waals surface area contributed by atoms with Gasteiger partial charge in [0.1, 0.15) is 195 Å². The van der Waals surface area contributed by atoms with Crippen LogP contribution in [-0.4, -0.2) is 469 Å².